The molecule has 1 rings (SSSR count). The van der Waals surface area contributed by atoms with Crippen LogP contribution in [0.25, 0.3) is 0 Å². The number of carbonyl (C=O) groups excluding carboxylic acids is 1. The maximum Gasteiger partial charge on any atom is 0.310 e. The highest BCUT2D eigenvalue weighted by molar-refractivity contribution is 5.81. The third-order valence-corrected chi connectivity index (χ3v) is 4.63. The summed E-state index contributed by atoms with van der Waals surface area (Å²) in [7, 11) is 0. The van der Waals surface area contributed by atoms with Gasteiger partial charge >= 0.3 is 11.9 Å². The number of carboxylic acids is 1. The molecule has 1 aliphatic carbocycles. The Bertz CT molecular complexity index is 425. The first-order valence-electron chi connectivity index (χ1n) is 9.39. The smallest absolute Gasteiger partial charge is 0.310 e. The molecule has 24 heavy (non-hydrogen) atoms. The van der Waals surface area contributed by atoms with E-state index in [0.717, 1.165) is 25.7 Å². The Morgan fingerprint density at radius 2 is 1.58 bits per heavy atom. The Kier molecular flexibility index (Phi) is 9.09. The van der Waals surface area contributed by atoms with Crippen LogP contribution in [-0.4, -0.2) is 23.1 Å². The summed E-state index contributed by atoms with van der Waals surface area (Å²) in [6.45, 7) is 8.68. The zero-order chi connectivity index (χ0) is 18.1. The van der Waals surface area contributed by atoms with Gasteiger partial charge in [-0.1, -0.05) is 52.7 Å². The molecule has 4 heteroatoms. The van der Waals surface area contributed by atoms with Crippen LogP contribution in [0.1, 0.15) is 72.6 Å². The summed E-state index contributed by atoms with van der Waals surface area (Å²) in [6.07, 6.45) is 9.64. The number of ether oxygens (including phenoxy) is 1. The van der Waals surface area contributed by atoms with Gasteiger partial charge in [-0.3, -0.25) is 9.59 Å². The van der Waals surface area contributed by atoms with Crippen LogP contribution < -0.4 is 0 Å². The number of esters is 1. The van der Waals surface area contributed by atoms with Crippen molar-refractivity contribution in [3.8, 4) is 0 Å². The van der Waals surface area contributed by atoms with Crippen molar-refractivity contribution < 1.29 is 19.4 Å². The van der Waals surface area contributed by atoms with E-state index >= 15 is 0 Å². The number of carboxylic acid groups (broad SMARTS) is 1. The first-order chi connectivity index (χ1) is 11.3. The van der Waals surface area contributed by atoms with Crippen molar-refractivity contribution in [2.45, 2.75) is 78.7 Å². The molecule has 0 heterocycles. The van der Waals surface area contributed by atoms with Crippen LogP contribution in [0, 0.1) is 23.7 Å². The van der Waals surface area contributed by atoms with Crippen LogP contribution in [0.2, 0.25) is 0 Å². The van der Waals surface area contributed by atoms with Crippen molar-refractivity contribution in [2.75, 3.05) is 0 Å². The summed E-state index contributed by atoms with van der Waals surface area (Å²) in [5.41, 5.74) is 0. The van der Waals surface area contributed by atoms with E-state index in [1.165, 1.54) is 6.42 Å². The van der Waals surface area contributed by atoms with Crippen LogP contribution in [0.5, 0.6) is 0 Å². The Morgan fingerprint density at radius 1 is 1.00 bits per heavy atom. The molecule has 0 aromatic carbocycles. The summed E-state index contributed by atoms with van der Waals surface area (Å²) in [4.78, 5) is 23.9. The number of aliphatic carboxylic acids is 1. The Balaban J connectivity index is 2.58. The molecule has 3 atom stereocenters. The maximum absolute atomic E-state index is 12.5. The Morgan fingerprint density at radius 3 is 2.12 bits per heavy atom. The van der Waals surface area contributed by atoms with Gasteiger partial charge in [0.25, 0.3) is 0 Å². The number of carbonyl (C=O) groups is 2. The summed E-state index contributed by atoms with van der Waals surface area (Å²) in [5, 5.41) is 9.32. The fourth-order valence-corrected chi connectivity index (χ4v) is 3.27. The van der Waals surface area contributed by atoms with Crippen molar-refractivity contribution in [1.29, 1.82) is 0 Å². The first kappa shape index (κ1) is 20.7. The predicted octanol–water partition coefficient (Wildman–Crippen LogP) is 4.83. The molecule has 0 amide bonds. The fraction of sp³-hybridized carbons (Fsp3) is 0.800. The van der Waals surface area contributed by atoms with Crippen LogP contribution >= 0.6 is 0 Å². The molecule has 1 N–H and O–H groups in total. The quantitative estimate of drug-likeness (QED) is 0.352. The third kappa shape index (κ3) is 7.50. The summed E-state index contributed by atoms with van der Waals surface area (Å²) in [6, 6.07) is 0. The minimum absolute atomic E-state index is 0.0926. The average molecular weight is 338 g/mol. The van der Waals surface area contributed by atoms with Crippen molar-refractivity contribution in [3.63, 3.8) is 0 Å². The van der Waals surface area contributed by atoms with E-state index in [1.54, 1.807) is 0 Å². The normalized spacial score (nSPS) is 21.9. The molecule has 0 spiro atoms. The SMILES string of the molecule is CC(C)CCCCC(CC(C)C)OC(=O)C1CC=CCC1C(=O)O. The van der Waals surface area contributed by atoms with Gasteiger partial charge in [-0.25, -0.2) is 0 Å². The maximum atomic E-state index is 12.5. The van der Waals surface area contributed by atoms with Crippen molar-refractivity contribution in [2.24, 2.45) is 23.7 Å². The van der Waals surface area contributed by atoms with Gasteiger partial charge < -0.3 is 9.84 Å². The number of hydrogen-bond acceptors (Lipinski definition) is 3. The highest BCUT2D eigenvalue weighted by atomic mass is 16.5. The molecule has 0 fully saturated rings. The van der Waals surface area contributed by atoms with E-state index in [9.17, 15) is 14.7 Å². The lowest BCUT2D eigenvalue weighted by molar-refractivity contribution is -0.162. The second-order valence-electron chi connectivity index (χ2n) is 7.86. The lowest BCUT2D eigenvalue weighted by Crippen LogP contribution is -2.34. The molecule has 3 unspecified atom stereocenters. The molecule has 0 radical (unpaired) electrons. The zero-order valence-corrected chi connectivity index (χ0v) is 15.7. The molecular formula is C20H34O4. The standard InChI is InChI=1S/C20H34O4/c1-14(2)9-5-6-10-16(13-15(3)4)24-20(23)18-12-8-7-11-17(18)19(21)22/h7-8,14-18H,5-6,9-13H2,1-4H3,(H,21,22). The van der Waals surface area contributed by atoms with E-state index in [0.29, 0.717) is 24.7 Å². The molecule has 0 aromatic heterocycles. The van der Waals surface area contributed by atoms with E-state index in [2.05, 4.69) is 27.7 Å². The minimum atomic E-state index is -0.904. The third-order valence-electron chi connectivity index (χ3n) is 4.63. The lowest BCUT2D eigenvalue weighted by atomic mass is 9.83. The first-order valence-corrected chi connectivity index (χ1v) is 9.39. The Labute approximate surface area is 146 Å². The number of hydrogen-bond donors (Lipinski definition) is 1. The van der Waals surface area contributed by atoms with Crippen LogP contribution in [0.15, 0.2) is 12.2 Å². The number of rotatable bonds is 10. The number of unbranched alkanes of at least 4 members (excludes halogenated alkanes) is 1. The predicted molar refractivity (Wildman–Crippen MR) is 95.6 cm³/mol. The fourth-order valence-electron chi connectivity index (χ4n) is 3.27. The minimum Gasteiger partial charge on any atom is -0.481 e. The van der Waals surface area contributed by atoms with E-state index in [1.807, 2.05) is 12.2 Å². The number of allylic oxidation sites excluding steroid dienone is 2. The second-order valence-corrected chi connectivity index (χ2v) is 7.86. The topological polar surface area (TPSA) is 63.6 Å². The molecule has 0 aromatic rings. The highest BCUT2D eigenvalue weighted by Gasteiger charge is 2.36. The van der Waals surface area contributed by atoms with Crippen molar-refractivity contribution in [1.82, 2.24) is 0 Å². The van der Waals surface area contributed by atoms with Gasteiger partial charge in [0.15, 0.2) is 0 Å². The van der Waals surface area contributed by atoms with E-state index < -0.39 is 17.8 Å². The summed E-state index contributed by atoms with van der Waals surface area (Å²) < 4.78 is 5.75. The molecule has 4 nitrogen and oxygen atoms in total. The second kappa shape index (κ2) is 10.5. The van der Waals surface area contributed by atoms with Gasteiger partial charge in [0.1, 0.15) is 6.10 Å². The van der Waals surface area contributed by atoms with Gasteiger partial charge in [0.05, 0.1) is 11.8 Å². The zero-order valence-electron chi connectivity index (χ0n) is 15.7. The monoisotopic (exact) mass is 338 g/mol. The van der Waals surface area contributed by atoms with Crippen LogP contribution in [0.3, 0.4) is 0 Å². The van der Waals surface area contributed by atoms with E-state index in [-0.39, 0.29) is 12.1 Å². The summed E-state index contributed by atoms with van der Waals surface area (Å²) in [5.74, 6) is -1.28. The van der Waals surface area contributed by atoms with Gasteiger partial charge in [-0.05, 0) is 43.9 Å². The molecular weight excluding hydrogens is 304 g/mol. The highest BCUT2D eigenvalue weighted by Crippen LogP contribution is 2.28. The summed E-state index contributed by atoms with van der Waals surface area (Å²) >= 11 is 0. The largest absolute Gasteiger partial charge is 0.481 e. The van der Waals surface area contributed by atoms with Crippen LogP contribution in [0.4, 0.5) is 0 Å². The molecule has 0 saturated carbocycles. The van der Waals surface area contributed by atoms with Gasteiger partial charge in [0, 0.05) is 0 Å². The molecule has 0 bridgehead atoms. The van der Waals surface area contributed by atoms with Gasteiger partial charge in [-0.15, -0.1) is 0 Å². The molecule has 1 aliphatic rings. The van der Waals surface area contributed by atoms with Crippen molar-refractivity contribution in [3.05, 3.63) is 12.2 Å². The molecule has 0 aliphatic heterocycles. The van der Waals surface area contributed by atoms with Gasteiger partial charge in [-0.2, -0.15) is 0 Å². The van der Waals surface area contributed by atoms with E-state index in [4.69, 9.17) is 4.74 Å². The lowest BCUT2D eigenvalue weighted by Gasteiger charge is -2.27. The molecule has 0 saturated heterocycles. The van der Waals surface area contributed by atoms with Crippen molar-refractivity contribution >= 4 is 11.9 Å². The molecule has 138 valence electrons. The van der Waals surface area contributed by atoms with Crippen LogP contribution in [-0.2, 0) is 14.3 Å². The Hall–Kier alpha value is -1.32. The average Bonchev–Trinajstić information content (AvgIpc) is 2.50. The van der Waals surface area contributed by atoms with Gasteiger partial charge in [0.2, 0.25) is 0 Å².